The highest BCUT2D eigenvalue weighted by Crippen LogP contribution is 2.16. The fourth-order valence-electron chi connectivity index (χ4n) is 3.02. The zero-order valence-corrected chi connectivity index (χ0v) is 16.4. The molecule has 0 atom stereocenters. The summed E-state index contributed by atoms with van der Waals surface area (Å²) in [6.45, 7) is 6.31. The number of hydrogen-bond acceptors (Lipinski definition) is 7. The SMILES string of the molecule is CC1=CC(Nc2nc(/C=C/c3cccc(Cl)c3)nc(N3CCNCC3)n2)=NC1. The summed E-state index contributed by atoms with van der Waals surface area (Å²) in [5, 5.41) is 7.26. The van der Waals surface area contributed by atoms with E-state index in [4.69, 9.17) is 11.6 Å². The van der Waals surface area contributed by atoms with E-state index in [0.717, 1.165) is 37.6 Å². The molecule has 144 valence electrons. The van der Waals surface area contributed by atoms with Crippen molar-refractivity contribution >= 4 is 41.5 Å². The number of nitrogens with zero attached hydrogens (tertiary/aromatic N) is 5. The lowest BCUT2D eigenvalue weighted by molar-refractivity contribution is 0.579. The molecule has 0 bridgehead atoms. The molecular formula is C20H22ClN7. The van der Waals surface area contributed by atoms with Crippen LogP contribution < -0.4 is 15.5 Å². The highest BCUT2D eigenvalue weighted by Gasteiger charge is 2.16. The van der Waals surface area contributed by atoms with Gasteiger partial charge in [-0.3, -0.25) is 4.99 Å². The molecule has 8 heteroatoms. The Kier molecular flexibility index (Phi) is 5.64. The van der Waals surface area contributed by atoms with E-state index in [1.165, 1.54) is 5.57 Å². The van der Waals surface area contributed by atoms with E-state index in [1.807, 2.05) is 42.5 Å². The van der Waals surface area contributed by atoms with Gasteiger partial charge < -0.3 is 15.5 Å². The molecule has 2 N–H and O–H groups in total. The van der Waals surface area contributed by atoms with Crippen molar-refractivity contribution in [3.8, 4) is 0 Å². The van der Waals surface area contributed by atoms with Gasteiger partial charge in [0.1, 0.15) is 5.84 Å². The summed E-state index contributed by atoms with van der Waals surface area (Å²) in [6, 6.07) is 7.66. The molecule has 2 aromatic rings. The Morgan fingerprint density at radius 3 is 2.75 bits per heavy atom. The van der Waals surface area contributed by atoms with E-state index in [-0.39, 0.29) is 0 Å². The van der Waals surface area contributed by atoms with Crippen LogP contribution in [0.3, 0.4) is 0 Å². The van der Waals surface area contributed by atoms with Crippen LogP contribution in [0.2, 0.25) is 5.02 Å². The first-order valence-corrected chi connectivity index (χ1v) is 9.67. The van der Waals surface area contributed by atoms with Crippen LogP contribution in [0, 0.1) is 0 Å². The molecule has 0 aliphatic carbocycles. The van der Waals surface area contributed by atoms with Crippen LogP contribution in [0.15, 0.2) is 40.9 Å². The Morgan fingerprint density at radius 2 is 2.00 bits per heavy atom. The minimum atomic E-state index is 0.499. The van der Waals surface area contributed by atoms with Crippen LogP contribution in [0.4, 0.5) is 11.9 Å². The smallest absolute Gasteiger partial charge is 0.233 e. The molecule has 0 unspecified atom stereocenters. The molecule has 1 aromatic heterocycles. The molecule has 0 radical (unpaired) electrons. The van der Waals surface area contributed by atoms with Crippen molar-refractivity contribution in [2.24, 2.45) is 4.99 Å². The first-order valence-electron chi connectivity index (χ1n) is 9.30. The number of benzene rings is 1. The summed E-state index contributed by atoms with van der Waals surface area (Å²) in [5.74, 6) is 2.54. The van der Waals surface area contributed by atoms with E-state index in [1.54, 1.807) is 0 Å². The number of nitrogens with one attached hydrogen (secondary N) is 2. The second-order valence-electron chi connectivity index (χ2n) is 6.76. The third-order valence-corrected chi connectivity index (χ3v) is 4.67. The summed E-state index contributed by atoms with van der Waals surface area (Å²) < 4.78 is 0. The van der Waals surface area contributed by atoms with E-state index in [9.17, 15) is 0 Å². The Labute approximate surface area is 169 Å². The van der Waals surface area contributed by atoms with Gasteiger partial charge in [-0.1, -0.05) is 29.8 Å². The Hall–Kier alpha value is -2.77. The predicted molar refractivity (Wildman–Crippen MR) is 115 cm³/mol. The lowest BCUT2D eigenvalue weighted by Gasteiger charge is -2.27. The normalized spacial score (nSPS) is 17.0. The second kappa shape index (κ2) is 8.50. The Balaban J connectivity index is 1.62. The number of halogens is 1. The van der Waals surface area contributed by atoms with Crippen molar-refractivity contribution in [3.05, 3.63) is 52.3 Å². The van der Waals surface area contributed by atoms with Crippen LogP contribution in [-0.2, 0) is 0 Å². The quantitative estimate of drug-likeness (QED) is 0.828. The Morgan fingerprint density at radius 1 is 1.14 bits per heavy atom. The molecular weight excluding hydrogens is 374 g/mol. The fraction of sp³-hybridized carbons (Fsp3) is 0.300. The minimum absolute atomic E-state index is 0.499. The van der Waals surface area contributed by atoms with E-state index in [2.05, 4.69) is 42.4 Å². The molecule has 0 amide bonds. The number of aromatic nitrogens is 3. The topological polar surface area (TPSA) is 78.3 Å². The highest BCUT2D eigenvalue weighted by atomic mass is 35.5. The van der Waals surface area contributed by atoms with Gasteiger partial charge in [0, 0.05) is 31.2 Å². The van der Waals surface area contributed by atoms with Gasteiger partial charge in [0.2, 0.25) is 11.9 Å². The van der Waals surface area contributed by atoms with Gasteiger partial charge >= 0.3 is 0 Å². The summed E-state index contributed by atoms with van der Waals surface area (Å²) in [7, 11) is 0. The first kappa shape index (κ1) is 18.6. The van der Waals surface area contributed by atoms with Gasteiger partial charge in [0.25, 0.3) is 0 Å². The molecule has 1 fully saturated rings. The van der Waals surface area contributed by atoms with Crippen molar-refractivity contribution in [1.82, 2.24) is 20.3 Å². The number of anilines is 2. The molecule has 0 spiro atoms. The van der Waals surface area contributed by atoms with Crippen LogP contribution in [0.1, 0.15) is 18.3 Å². The van der Waals surface area contributed by atoms with Gasteiger partial charge in [0.15, 0.2) is 5.82 Å². The molecule has 28 heavy (non-hydrogen) atoms. The Bertz CT molecular complexity index is 945. The number of hydrogen-bond donors (Lipinski definition) is 2. The third kappa shape index (κ3) is 4.74. The fourth-order valence-corrected chi connectivity index (χ4v) is 3.22. The van der Waals surface area contributed by atoms with Gasteiger partial charge in [-0.15, -0.1) is 0 Å². The van der Waals surface area contributed by atoms with E-state index < -0.39 is 0 Å². The van der Waals surface area contributed by atoms with Crippen molar-refractivity contribution in [1.29, 1.82) is 0 Å². The molecule has 1 aromatic carbocycles. The van der Waals surface area contributed by atoms with Crippen LogP contribution in [0.25, 0.3) is 12.2 Å². The zero-order valence-electron chi connectivity index (χ0n) is 15.7. The van der Waals surface area contributed by atoms with Crippen LogP contribution >= 0.6 is 11.6 Å². The molecule has 2 aliphatic heterocycles. The van der Waals surface area contributed by atoms with Crippen molar-refractivity contribution in [2.45, 2.75) is 6.92 Å². The number of amidine groups is 1. The third-order valence-electron chi connectivity index (χ3n) is 4.44. The summed E-state index contributed by atoms with van der Waals surface area (Å²) in [6.07, 6.45) is 5.83. The first-order chi connectivity index (χ1) is 13.7. The van der Waals surface area contributed by atoms with Gasteiger partial charge in [-0.2, -0.15) is 15.0 Å². The molecule has 0 saturated carbocycles. The molecule has 7 nitrogen and oxygen atoms in total. The predicted octanol–water partition coefficient (Wildman–Crippen LogP) is 2.88. The second-order valence-corrected chi connectivity index (χ2v) is 7.20. The average Bonchev–Trinajstić information content (AvgIpc) is 3.11. The van der Waals surface area contributed by atoms with Gasteiger partial charge in [-0.05, 0) is 42.3 Å². The minimum Gasteiger partial charge on any atom is -0.338 e. The van der Waals surface area contributed by atoms with Crippen molar-refractivity contribution in [2.75, 3.05) is 42.9 Å². The summed E-state index contributed by atoms with van der Waals surface area (Å²) >= 11 is 6.07. The van der Waals surface area contributed by atoms with Gasteiger partial charge in [0.05, 0.1) is 6.54 Å². The van der Waals surface area contributed by atoms with Gasteiger partial charge in [-0.25, -0.2) is 0 Å². The maximum Gasteiger partial charge on any atom is 0.233 e. The number of aliphatic imine (C=N–C) groups is 1. The van der Waals surface area contributed by atoms with Crippen LogP contribution in [-0.4, -0.2) is 53.5 Å². The van der Waals surface area contributed by atoms with E-state index in [0.29, 0.717) is 29.3 Å². The average molecular weight is 396 g/mol. The highest BCUT2D eigenvalue weighted by molar-refractivity contribution is 6.30. The molecule has 1 saturated heterocycles. The lowest BCUT2D eigenvalue weighted by atomic mass is 10.2. The van der Waals surface area contributed by atoms with E-state index >= 15 is 0 Å². The largest absolute Gasteiger partial charge is 0.338 e. The van der Waals surface area contributed by atoms with Crippen molar-refractivity contribution < 1.29 is 0 Å². The standard InChI is InChI=1S/C20H22ClN7/c1-14-11-18(23-13-14)25-19-24-17(6-5-15-3-2-4-16(21)12-15)26-20(27-19)28-9-7-22-8-10-28/h2-6,11-12,22H,7-10,13H2,1H3,(H,23,24,25,26,27)/b6-5+. The molecule has 4 rings (SSSR count). The lowest BCUT2D eigenvalue weighted by Crippen LogP contribution is -2.44. The number of rotatable bonds is 4. The van der Waals surface area contributed by atoms with Crippen LogP contribution in [0.5, 0.6) is 0 Å². The summed E-state index contributed by atoms with van der Waals surface area (Å²) in [4.78, 5) is 20.4. The summed E-state index contributed by atoms with van der Waals surface area (Å²) in [5.41, 5.74) is 2.20. The maximum absolute atomic E-state index is 6.07. The van der Waals surface area contributed by atoms with Crippen molar-refractivity contribution in [3.63, 3.8) is 0 Å². The number of piperazine rings is 1. The maximum atomic E-state index is 6.07. The zero-order chi connectivity index (χ0) is 19.3. The monoisotopic (exact) mass is 395 g/mol. The molecule has 2 aliphatic rings. The molecule has 3 heterocycles.